The maximum atomic E-state index is 5.06. The van der Waals surface area contributed by atoms with Gasteiger partial charge in [-0.3, -0.25) is 14.4 Å². The molecular formula is C24H14N4. The fourth-order valence-corrected chi connectivity index (χ4v) is 4.79. The van der Waals surface area contributed by atoms with Crippen molar-refractivity contribution in [3.63, 3.8) is 0 Å². The molecule has 0 unspecified atom stereocenters. The molecule has 4 aromatic heterocycles. The van der Waals surface area contributed by atoms with Crippen LogP contribution in [0.4, 0.5) is 0 Å². The highest BCUT2D eigenvalue weighted by Gasteiger charge is 2.24. The highest BCUT2D eigenvalue weighted by Crippen LogP contribution is 2.43. The number of imidazole rings is 1. The zero-order valence-corrected chi connectivity index (χ0v) is 14.9. The zero-order chi connectivity index (χ0) is 18.2. The Bertz CT molecular complexity index is 1590. The molecule has 0 amide bonds. The van der Waals surface area contributed by atoms with E-state index in [0.29, 0.717) is 0 Å². The van der Waals surface area contributed by atoms with E-state index in [4.69, 9.17) is 4.98 Å². The number of pyridine rings is 3. The van der Waals surface area contributed by atoms with Crippen LogP contribution in [0, 0.1) is 0 Å². The molecule has 0 atom stereocenters. The predicted octanol–water partition coefficient (Wildman–Crippen LogP) is 5.16. The van der Waals surface area contributed by atoms with E-state index in [1.165, 1.54) is 27.8 Å². The molecule has 4 heterocycles. The van der Waals surface area contributed by atoms with Crippen LogP contribution in [0.25, 0.3) is 49.5 Å². The molecule has 1 aliphatic rings. The number of aromatic nitrogens is 4. The third-order valence-corrected chi connectivity index (χ3v) is 5.96. The van der Waals surface area contributed by atoms with Gasteiger partial charge in [0.15, 0.2) is 0 Å². The van der Waals surface area contributed by atoms with Gasteiger partial charge in [-0.15, -0.1) is 0 Å². The van der Waals surface area contributed by atoms with Crippen molar-refractivity contribution in [3.05, 3.63) is 84.4 Å². The fourth-order valence-electron chi connectivity index (χ4n) is 4.79. The number of rotatable bonds is 0. The lowest BCUT2D eigenvalue weighted by Gasteiger charge is -2.10. The quantitative estimate of drug-likeness (QED) is 0.352. The van der Waals surface area contributed by atoms with Crippen LogP contribution >= 0.6 is 0 Å². The van der Waals surface area contributed by atoms with Crippen LogP contribution in [0.1, 0.15) is 11.1 Å². The summed E-state index contributed by atoms with van der Waals surface area (Å²) in [5.74, 6) is 0. The minimum atomic E-state index is 0.976. The fraction of sp³-hybridized carbons (Fsp3) is 0.0417. The maximum absolute atomic E-state index is 5.06. The van der Waals surface area contributed by atoms with Gasteiger partial charge >= 0.3 is 0 Å². The maximum Gasteiger partial charge on any atom is 0.146 e. The van der Waals surface area contributed by atoms with Crippen molar-refractivity contribution in [1.29, 1.82) is 0 Å². The van der Waals surface area contributed by atoms with Gasteiger partial charge in [0.25, 0.3) is 0 Å². The molecule has 6 aromatic rings. The van der Waals surface area contributed by atoms with E-state index in [1.54, 1.807) is 0 Å². The van der Waals surface area contributed by atoms with E-state index in [0.717, 1.165) is 39.3 Å². The van der Waals surface area contributed by atoms with Crippen LogP contribution < -0.4 is 0 Å². The van der Waals surface area contributed by atoms with Gasteiger partial charge in [-0.1, -0.05) is 30.3 Å². The SMILES string of the molecule is c1ccc2c(c1)Cc1ccc3nc4c5ccncc5c5cnccc5n4c3c1-2. The Kier molecular flexibility index (Phi) is 2.51. The molecular weight excluding hydrogens is 344 g/mol. The topological polar surface area (TPSA) is 43.1 Å². The van der Waals surface area contributed by atoms with Gasteiger partial charge in [0.1, 0.15) is 5.65 Å². The van der Waals surface area contributed by atoms with Crippen molar-refractivity contribution in [2.75, 3.05) is 0 Å². The Balaban J connectivity index is 1.82. The third kappa shape index (κ3) is 1.63. The van der Waals surface area contributed by atoms with E-state index in [1.807, 2.05) is 24.8 Å². The molecule has 7 rings (SSSR count). The third-order valence-electron chi connectivity index (χ3n) is 5.96. The lowest BCUT2D eigenvalue weighted by atomic mass is 10.0. The Morgan fingerprint density at radius 3 is 2.57 bits per heavy atom. The first-order valence-corrected chi connectivity index (χ1v) is 9.42. The lowest BCUT2D eigenvalue weighted by Crippen LogP contribution is -1.94. The summed E-state index contributed by atoms with van der Waals surface area (Å²) in [5.41, 5.74) is 9.69. The van der Waals surface area contributed by atoms with Crippen LogP contribution in [0.3, 0.4) is 0 Å². The molecule has 130 valence electrons. The lowest BCUT2D eigenvalue weighted by molar-refractivity contribution is 1.26. The molecule has 2 aromatic carbocycles. The van der Waals surface area contributed by atoms with Crippen LogP contribution in [-0.2, 0) is 6.42 Å². The molecule has 4 heteroatoms. The second-order valence-electron chi connectivity index (χ2n) is 7.39. The summed E-state index contributed by atoms with van der Waals surface area (Å²) < 4.78 is 2.32. The number of hydrogen-bond donors (Lipinski definition) is 0. The normalized spacial score (nSPS) is 12.9. The molecule has 0 bridgehead atoms. The molecule has 0 radical (unpaired) electrons. The van der Waals surface area contributed by atoms with Gasteiger partial charge in [-0.25, -0.2) is 4.98 Å². The van der Waals surface area contributed by atoms with Crippen LogP contribution in [-0.4, -0.2) is 19.4 Å². The molecule has 0 saturated heterocycles. The van der Waals surface area contributed by atoms with Crippen molar-refractivity contribution >= 4 is 38.4 Å². The van der Waals surface area contributed by atoms with E-state index in [2.05, 4.69) is 62.9 Å². The number of benzene rings is 2. The van der Waals surface area contributed by atoms with Crippen LogP contribution in [0.15, 0.2) is 73.3 Å². The average molecular weight is 358 g/mol. The second-order valence-corrected chi connectivity index (χ2v) is 7.39. The van der Waals surface area contributed by atoms with Gasteiger partial charge in [0.05, 0.1) is 16.6 Å². The van der Waals surface area contributed by atoms with Gasteiger partial charge in [0.2, 0.25) is 0 Å². The van der Waals surface area contributed by atoms with Crippen molar-refractivity contribution in [2.24, 2.45) is 0 Å². The summed E-state index contributed by atoms with van der Waals surface area (Å²) in [6, 6.07) is 17.2. The molecule has 0 spiro atoms. The molecule has 0 fully saturated rings. The first-order valence-electron chi connectivity index (χ1n) is 9.42. The first kappa shape index (κ1) is 14.3. The Hall–Kier alpha value is -3.79. The van der Waals surface area contributed by atoms with Crippen LogP contribution in [0.5, 0.6) is 0 Å². The smallest absolute Gasteiger partial charge is 0.146 e. The molecule has 0 N–H and O–H groups in total. The van der Waals surface area contributed by atoms with Crippen molar-refractivity contribution in [2.45, 2.75) is 6.42 Å². The van der Waals surface area contributed by atoms with E-state index >= 15 is 0 Å². The van der Waals surface area contributed by atoms with E-state index in [-0.39, 0.29) is 0 Å². The molecule has 28 heavy (non-hydrogen) atoms. The van der Waals surface area contributed by atoms with Gasteiger partial charge in [-0.05, 0) is 41.3 Å². The average Bonchev–Trinajstić information content (AvgIpc) is 3.32. The molecule has 0 saturated carbocycles. The monoisotopic (exact) mass is 358 g/mol. The molecule has 0 aliphatic heterocycles. The minimum absolute atomic E-state index is 0.976. The Morgan fingerprint density at radius 2 is 1.61 bits per heavy atom. The number of hydrogen-bond acceptors (Lipinski definition) is 3. The van der Waals surface area contributed by atoms with Crippen molar-refractivity contribution in [3.8, 4) is 11.1 Å². The van der Waals surface area contributed by atoms with E-state index < -0.39 is 0 Å². The number of nitrogens with zero attached hydrogens (tertiary/aromatic N) is 4. The zero-order valence-electron chi connectivity index (χ0n) is 14.9. The van der Waals surface area contributed by atoms with Crippen molar-refractivity contribution in [1.82, 2.24) is 19.4 Å². The summed E-state index contributed by atoms with van der Waals surface area (Å²) in [7, 11) is 0. The molecule has 4 nitrogen and oxygen atoms in total. The largest absolute Gasteiger partial charge is 0.291 e. The predicted molar refractivity (Wildman–Crippen MR) is 112 cm³/mol. The van der Waals surface area contributed by atoms with Gasteiger partial charge in [-0.2, -0.15) is 0 Å². The van der Waals surface area contributed by atoms with E-state index in [9.17, 15) is 0 Å². The summed E-state index contributed by atoms with van der Waals surface area (Å²) in [4.78, 5) is 13.8. The molecule has 1 aliphatic carbocycles. The standard InChI is InChI=1S/C24H14N4/c1-2-4-16-14(3-1)11-15-5-6-20-23(22(15)16)28-21-8-10-26-13-19(21)18-12-25-9-7-17(18)24(28)27-20/h1-10,12-13H,11H2. The van der Waals surface area contributed by atoms with Gasteiger partial charge < -0.3 is 0 Å². The van der Waals surface area contributed by atoms with Crippen molar-refractivity contribution < 1.29 is 0 Å². The highest BCUT2D eigenvalue weighted by atomic mass is 15.0. The summed E-state index contributed by atoms with van der Waals surface area (Å²) in [6.07, 6.45) is 8.52. The Morgan fingerprint density at radius 1 is 0.750 bits per heavy atom. The minimum Gasteiger partial charge on any atom is -0.291 e. The summed E-state index contributed by atoms with van der Waals surface area (Å²) >= 11 is 0. The summed E-state index contributed by atoms with van der Waals surface area (Å²) in [6.45, 7) is 0. The summed E-state index contributed by atoms with van der Waals surface area (Å²) in [5, 5.41) is 3.29. The van der Waals surface area contributed by atoms with Gasteiger partial charge in [0, 0.05) is 46.5 Å². The Labute approximate surface area is 160 Å². The van der Waals surface area contributed by atoms with Crippen LogP contribution in [0.2, 0.25) is 0 Å². The first-order chi connectivity index (χ1) is 13.9. The highest BCUT2D eigenvalue weighted by molar-refractivity contribution is 6.14. The second kappa shape index (κ2) is 4.93. The number of fused-ring (bicyclic) bond motifs is 12.